The minimum Gasteiger partial charge on any atom is -0.778 e. The maximum atomic E-state index is 11.2. The summed E-state index contributed by atoms with van der Waals surface area (Å²) in [6.07, 6.45) is -0.0261. The molecule has 72 valence electrons. The third-order valence-electron chi connectivity index (χ3n) is 1.54. The monoisotopic (exact) mass is 206 g/mol. The van der Waals surface area contributed by atoms with Crippen LogP contribution in [0.3, 0.4) is 0 Å². The maximum absolute atomic E-state index is 11.2. The molecule has 0 aliphatic heterocycles. The van der Waals surface area contributed by atoms with Crippen LogP contribution in [0, 0.1) is 0 Å². The van der Waals surface area contributed by atoms with Crippen LogP contribution in [-0.2, 0) is 15.3 Å². The van der Waals surface area contributed by atoms with E-state index in [0.717, 1.165) is 5.56 Å². The normalized spacial score (nSPS) is 14.1. The van der Waals surface area contributed by atoms with Crippen LogP contribution in [0.15, 0.2) is 30.3 Å². The van der Waals surface area contributed by atoms with Gasteiger partial charge in [-0.25, -0.2) is 0 Å². The summed E-state index contributed by atoms with van der Waals surface area (Å²) >= 11 is 0. The van der Waals surface area contributed by atoms with Gasteiger partial charge in [-0.1, -0.05) is 30.3 Å². The Bertz CT molecular complexity index is 302. The largest absolute Gasteiger partial charge is 1.00 e. The van der Waals surface area contributed by atoms with Gasteiger partial charge in [-0.2, -0.15) is 0 Å². The van der Waals surface area contributed by atoms with E-state index in [1.54, 1.807) is 31.2 Å². The van der Waals surface area contributed by atoms with E-state index in [9.17, 15) is 9.46 Å². The van der Waals surface area contributed by atoms with E-state index in [4.69, 9.17) is 0 Å². The second-order valence-electron chi connectivity index (χ2n) is 2.67. The SMILES string of the molecule is CCOP(=O)([O-])Cc1ccccc1.[Li+]. The van der Waals surface area contributed by atoms with E-state index in [1.807, 2.05) is 6.07 Å². The average Bonchev–Trinajstić information content (AvgIpc) is 2.04. The maximum Gasteiger partial charge on any atom is 1.00 e. The zero-order valence-electron chi connectivity index (χ0n) is 8.47. The zero-order chi connectivity index (χ0) is 9.73. The van der Waals surface area contributed by atoms with Crippen LogP contribution in [0.25, 0.3) is 0 Å². The smallest absolute Gasteiger partial charge is 0.778 e. The summed E-state index contributed by atoms with van der Waals surface area (Å²) < 4.78 is 15.8. The molecule has 5 heteroatoms. The van der Waals surface area contributed by atoms with Crippen LogP contribution in [0.1, 0.15) is 12.5 Å². The van der Waals surface area contributed by atoms with Gasteiger partial charge in [0.25, 0.3) is 0 Å². The van der Waals surface area contributed by atoms with Crippen molar-refractivity contribution in [2.75, 3.05) is 6.61 Å². The zero-order valence-corrected chi connectivity index (χ0v) is 9.37. The topological polar surface area (TPSA) is 49.4 Å². The molecule has 0 aromatic heterocycles. The Morgan fingerprint density at radius 1 is 1.36 bits per heavy atom. The number of rotatable bonds is 4. The standard InChI is InChI=1S/C9H13O3P.Li/c1-2-12-13(10,11)8-9-6-4-3-5-7-9;/h3-7H,2,8H2,1H3,(H,10,11);/q;+1/p-1. The van der Waals surface area contributed by atoms with E-state index in [2.05, 4.69) is 4.52 Å². The fraction of sp³-hybridized carbons (Fsp3) is 0.333. The van der Waals surface area contributed by atoms with Crippen molar-refractivity contribution in [3.8, 4) is 0 Å². The van der Waals surface area contributed by atoms with E-state index >= 15 is 0 Å². The predicted molar refractivity (Wildman–Crippen MR) is 49.4 cm³/mol. The molecule has 0 heterocycles. The first-order chi connectivity index (χ1) is 6.14. The van der Waals surface area contributed by atoms with Gasteiger partial charge in [0.2, 0.25) is 0 Å². The van der Waals surface area contributed by atoms with Crippen molar-refractivity contribution >= 4 is 7.60 Å². The summed E-state index contributed by atoms with van der Waals surface area (Å²) in [6.45, 7) is 1.86. The summed E-state index contributed by atoms with van der Waals surface area (Å²) in [5.41, 5.74) is 0.759. The molecule has 0 aliphatic carbocycles. The van der Waals surface area contributed by atoms with Crippen LogP contribution in [0.2, 0.25) is 0 Å². The molecule has 1 aromatic rings. The molecule has 1 unspecified atom stereocenters. The molecule has 0 bridgehead atoms. The molecule has 0 N–H and O–H groups in total. The second kappa shape index (κ2) is 6.45. The van der Waals surface area contributed by atoms with Gasteiger partial charge < -0.3 is 14.0 Å². The average molecular weight is 206 g/mol. The Hall–Kier alpha value is -0.0326. The van der Waals surface area contributed by atoms with Gasteiger partial charge in [0.05, 0.1) is 6.61 Å². The van der Waals surface area contributed by atoms with E-state index in [-0.39, 0.29) is 31.6 Å². The van der Waals surface area contributed by atoms with Crippen molar-refractivity contribution < 1.29 is 32.8 Å². The third-order valence-corrected chi connectivity index (χ3v) is 2.95. The van der Waals surface area contributed by atoms with E-state index < -0.39 is 7.60 Å². The summed E-state index contributed by atoms with van der Waals surface area (Å²) in [7, 11) is -3.66. The Labute approximate surface area is 96.2 Å². The van der Waals surface area contributed by atoms with Gasteiger partial charge in [-0.15, -0.1) is 0 Å². The van der Waals surface area contributed by atoms with Crippen molar-refractivity contribution in [1.29, 1.82) is 0 Å². The fourth-order valence-corrected chi connectivity index (χ4v) is 2.19. The summed E-state index contributed by atoms with van der Waals surface area (Å²) in [6, 6.07) is 9.00. The number of benzene rings is 1. The van der Waals surface area contributed by atoms with Crippen molar-refractivity contribution in [1.82, 2.24) is 0 Å². The molecule has 1 rings (SSSR count). The fourth-order valence-electron chi connectivity index (χ4n) is 1.05. The first-order valence-corrected chi connectivity index (χ1v) is 5.85. The summed E-state index contributed by atoms with van der Waals surface area (Å²) in [5.74, 6) is 0. The summed E-state index contributed by atoms with van der Waals surface area (Å²) in [4.78, 5) is 11.2. The molecule has 1 atom stereocenters. The van der Waals surface area contributed by atoms with Crippen LogP contribution in [-0.4, -0.2) is 6.61 Å². The second-order valence-corrected chi connectivity index (χ2v) is 4.47. The Balaban J connectivity index is 0.00000169. The molecular weight excluding hydrogens is 194 g/mol. The van der Waals surface area contributed by atoms with Gasteiger partial charge in [0.15, 0.2) is 0 Å². The summed E-state index contributed by atoms with van der Waals surface area (Å²) in [5, 5.41) is 0. The molecule has 1 aromatic carbocycles. The van der Waals surface area contributed by atoms with Crippen LogP contribution in [0.5, 0.6) is 0 Å². The van der Waals surface area contributed by atoms with Crippen molar-refractivity contribution in [3.63, 3.8) is 0 Å². The molecule has 0 spiro atoms. The van der Waals surface area contributed by atoms with Crippen LogP contribution >= 0.6 is 7.60 Å². The molecule has 0 saturated heterocycles. The van der Waals surface area contributed by atoms with Gasteiger partial charge in [0.1, 0.15) is 7.60 Å². The first kappa shape index (κ1) is 14.0. The predicted octanol–water partition coefficient (Wildman–Crippen LogP) is -1.22. The van der Waals surface area contributed by atoms with Gasteiger partial charge in [-0.05, 0) is 12.5 Å². The third kappa shape index (κ3) is 5.00. The van der Waals surface area contributed by atoms with Gasteiger partial charge in [-0.3, -0.25) is 0 Å². The molecule has 3 nitrogen and oxygen atoms in total. The Morgan fingerprint density at radius 3 is 2.43 bits per heavy atom. The van der Waals surface area contributed by atoms with Crippen molar-refractivity contribution in [2.45, 2.75) is 13.1 Å². The molecule has 0 amide bonds. The minimum absolute atomic E-state index is 0. The number of hydrogen-bond acceptors (Lipinski definition) is 3. The van der Waals surface area contributed by atoms with Gasteiger partial charge in [0, 0.05) is 6.16 Å². The molecular formula is C9H12LiO3P. The van der Waals surface area contributed by atoms with Crippen LogP contribution < -0.4 is 23.8 Å². The number of hydrogen-bond donors (Lipinski definition) is 0. The Kier molecular flexibility index (Phi) is 6.44. The molecule has 0 saturated carbocycles. The molecule has 0 aliphatic rings. The molecule has 0 fully saturated rings. The van der Waals surface area contributed by atoms with Crippen molar-refractivity contribution in [3.05, 3.63) is 35.9 Å². The van der Waals surface area contributed by atoms with E-state index in [0.29, 0.717) is 0 Å². The quantitative estimate of drug-likeness (QED) is 0.458. The molecule has 14 heavy (non-hydrogen) atoms. The van der Waals surface area contributed by atoms with Gasteiger partial charge >= 0.3 is 18.9 Å². The van der Waals surface area contributed by atoms with Crippen molar-refractivity contribution in [2.24, 2.45) is 0 Å². The first-order valence-electron chi connectivity index (χ1n) is 4.12. The van der Waals surface area contributed by atoms with E-state index in [1.165, 1.54) is 0 Å². The Morgan fingerprint density at radius 2 is 1.93 bits per heavy atom. The van der Waals surface area contributed by atoms with Crippen LogP contribution in [0.4, 0.5) is 0 Å². The molecule has 0 radical (unpaired) electrons. The minimum atomic E-state index is -3.66.